The minimum Gasteiger partial charge on any atom is -0.271 e. The molecule has 0 saturated heterocycles. The molecule has 0 unspecified atom stereocenters. The summed E-state index contributed by atoms with van der Waals surface area (Å²) in [4.78, 5) is 16.0. The van der Waals surface area contributed by atoms with Gasteiger partial charge in [-0.05, 0) is 30.3 Å². The third kappa shape index (κ3) is 5.92. The van der Waals surface area contributed by atoms with Gasteiger partial charge in [0.05, 0.1) is 34.4 Å². The van der Waals surface area contributed by atoms with E-state index in [0.717, 1.165) is 18.4 Å². The van der Waals surface area contributed by atoms with Gasteiger partial charge in [-0.2, -0.15) is 18.3 Å². The Morgan fingerprint density at radius 1 is 1.32 bits per heavy atom. The summed E-state index contributed by atoms with van der Waals surface area (Å²) in [5.74, 6) is -0.860. The number of rotatable bonds is 6. The maximum Gasteiger partial charge on any atom is 0.417 e. The molecule has 28 heavy (non-hydrogen) atoms. The minimum atomic E-state index is -4.79. The number of carbonyl (C=O) groups excluding carboxylic acids is 1. The van der Waals surface area contributed by atoms with Gasteiger partial charge >= 0.3 is 6.18 Å². The number of nitrogens with zero attached hydrogens (tertiary/aromatic N) is 3. The smallest absolute Gasteiger partial charge is 0.271 e. The number of nitrogens with one attached hydrogen (secondary N) is 1. The molecule has 0 fully saturated rings. The first-order valence-electron chi connectivity index (χ1n) is 7.56. The van der Waals surface area contributed by atoms with Gasteiger partial charge in [0.25, 0.3) is 5.91 Å². The number of hydrazone groups is 1. The summed E-state index contributed by atoms with van der Waals surface area (Å²) < 4.78 is 63.6. The molecule has 150 valence electrons. The molecule has 1 N–H and O–H groups in total. The molecule has 7 nitrogen and oxygen atoms in total. The van der Waals surface area contributed by atoms with E-state index in [9.17, 15) is 26.4 Å². The van der Waals surface area contributed by atoms with E-state index in [4.69, 9.17) is 11.6 Å². The third-order valence-corrected chi connectivity index (χ3v) is 4.77. The SMILES string of the molecule is CS(=O)(=O)N(CC(=O)N/N=C\c1ccccn1)c1ccc(Cl)c(C(F)(F)F)c1. The highest BCUT2D eigenvalue weighted by atomic mass is 35.5. The second kappa shape index (κ2) is 8.57. The van der Waals surface area contributed by atoms with Crippen molar-refractivity contribution in [3.63, 3.8) is 0 Å². The van der Waals surface area contributed by atoms with E-state index >= 15 is 0 Å². The van der Waals surface area contributed by atoms with E-state index in [1.54, 1.807) is 18.2 Å². The molecular weight excluding hydrogens is 421 g/mol. The zero-order chi connectivity index (χ0) is 20.9. The number of benzene rings is 1. The molecule has 0 aliphatic rings. The molecule has 1 heterocycles. The number of anilines is 1. The Morgan fingerprint density at radius 2 is 2.04 bits per heavy atom. The number of hydrogen-bond acceptors (Lipinski definition) is 5. The lowest BCUT2D eigenvalue weighted by molar-refractivity contribution is -0.137. The number of aromatic nitrogens is 1. The molecule has 0 radical (unpaired) electrons. The monoisotopic (exact) mass is 434 g/mol. The van der Waals surface area contributed by atoms with Crippen LogP contribution in [0.1, 0.15) is 11.3 Å². The van der Waals surface area contributed by atoms with E-state index < -0.39 is 39.2 Å². The first-order chi connectivity index (χ1) is 13.0. The summed E-state index contributed by atoms with van der Waals surface area (Å²) in [6.45, 7) is -0.780. The van der Waals surface area contributed by atoms with Crippen molar-refractivity contribution in [3.8, 4) is 0 Å². The summed E-state index contributed by atoms with van der Waals surface area (Å²) >= 11 is 5.54. The molecule has 0 atom stereocenters. The minimum absolute atomic E-state index is 0.358. The number of alkyl halides is 3. The maximum atomic E-state index is 13.0. The van der Waals surface area contributed by atoms with Crippen LogP contribution in [-0.2, 0) is 21.0 Å². The van der Waals surface area contributed by atoms with Crippen LogP contribution < -0.4 is 9.73 Å². The first-order valence-corrected chi connectivity index (χ1v) is 9.78. The maximum absolute atomic E-state index is 13.0. The Kier molecular flexibility index (Phi) is 6.62. The van der Waals surface area contributed by atoms with Crippen LogP contribution in [0.25, 0.3) is 0 Å². The van der Waals surface area contributed by atoms with Crippen LogP contribution in [0.4, 0.5) is 18.9 Å². The normalized spacial score (nSPS) is 12.2. The summed E-state index contributed by atoms with van der Waals surface area (Å²) in [6, 6.07) is 7.54. The first kappa shape index (κ1) is 21.6. The second-order valence-corrected chi connectivity index (χ2v) is 7.79. The van der Waals surface area contributed by atoms with E-state index in [1.807, 2.05) is 0 Å². The van der Waals surface area contributed by atoms with Crippen molar-refractivity contribution in [2.75, 3.05) is 17.1 Å². The summed E-state index contributed by atoms with van der Waals surface area (Å²) in [6.07, 6.45) is -1.29. The molecule has 1 aromatic heterocycles. The molecule has 0 saturated carbocycles. The number of sulfonamides is 1. The lowest BCUT2D eigenvalue weighted by atomic mass is 10.2. The predicted molar refractivity (Wildman–Crippen MR) is 98.6 cm³/mol. The highest BCUT2D eigenvalue weighted by molar-refractivity contribution is 7.92. The molecule has 0 aliphatic carbocycles. The fraction of sp³-hybridized carbons (Fsp3) is 0.188. The second-order valence-electron chi connectivity index (χ2n) is 5.48. The highest BCUT2D eigenvalue weighted by Gasteiger charge is 2.34. The fourth-order valence-corrected chi connectivity index (χ4v) is 3.15. The van der Waals surface area contributed by atoms with Gasteiger partial charge in [-0.15, -0.1) is 0 Å². The summed E-state index contributed by atoms with van der Waals surface area (Å²) in [5.41, 5.74) is 0.964. The Balaban J connectivity index is 2.21. The van der Waals surface area contributed by atoms with E-state index in [0.29, 0.717) is 16.1 Å². The van der Waals surface area contributed by atoms with Crippen molar-refractivity contribution in [2.24, 2.45) is 5.10 Å². The summed E-state index contributed by atoms with van der Waals surface area (Å²) in [5, 5.41) is 3.04. The molecule has 1 amide bonds. The highest BCUT2D eigenvalue weighted by Crippen LogP contribution is 2.37. The largest absolute Gasteiger partial charge is 0.417 e. The Labute approximate surface area is 163 Å². The zero-order valence-electron chi connectivity index (χ0n) is 14.3. The number of pyridine rings is 1. The molecule has 0 spiro atoms. The summed E-state index contributed by atoms with van der Waals surface area (Å²) in [7, 11) is -4.07. The Bertz CT molecular complexity index is 982. The fourth-order valence-electron chi connectivity index (χ4n) is 2.07. The third-order valence-electron chi connectivity index (χ3n) is 3.30. The topological polar surface area (TPSA) is 91.7 Å². The standard InChI is InChI=1S/C16H14ClF3N4O3S/c1-28(26,27)24(12-5-6-14(17)13(8-12)16(18,19)20)10-15(25)23-22-9-11-4-2-3-7-21-11/h2-9H,10H2,1H3,(H,23,25)/b22-9-. The van der Waals surface area contributed by atoms with Crippen molar-refractivity contribution in [1.82, 2.24) is 10.4 Å². The van der Waals surface area contributed by atoms with Gasteiger partial charge in [0, 0.05) is 6.20 Å². The van der Waals surface area contributed by atoms with Gasteiger partial charge in [-0.3, -0.25) is 14.1 Å². The van der Waals surface area contributed by atoms with Gasteiger partial charge in [0.1, 0.15) is 6.54 Å². The Morgan fingerprint density at radius 3 is 2.61 bits per heavy atom. The molecule has 2 rings (SSSR count). The van der Waals surface area contributed by atoms with Crippen molar-refractivity contribution >= 4 is 39.4 Å². The quantitative estimate of drug-likeness (QED) is 0.559. The molecule has 1 aromatic carbocycles. The van der Waals surface area contributed by atoms with Crippen molar-refractivity contribution in [1.29, 1.82) is 0 Å². The lowest BCUT2D eigenvalue weighted by Crippen LogP contribution is -2.39. The van der Waals surface area contributed by atoms with E-state index in [1.165, 1.54) is 12.4 Å². The van der Waals surface area contributed by atoms with Gasteiger partial charge < -0.3 is 0 Å². The van der Waals surface area contributed by atoms with Gasteiger partial charge in [0.2, 0.25) is 10.0 Å². The molecular formula is C16H14ClF3N4O3S. The van der Waals surface area contributed by atoms with Crippen LogP contribution in [0.15, 0.2) is 47.7 Å². The van der Waals surface area contributed by atoms with Crippen LogP contribution >= 0.6 is 11.6 Å². The van der Waals surface area contributed by atoms with E-state index in [-0.39, 0.29) is 5.69 Å². The number of hydrogen-bond donors (Lipinski definition) is 1. The molecule has 0 bridgehead atoms. The average Bonchev–Trinajstić information content (AvgIpc) is 2.59. The number of halogens is 4. The van der Waals surface area contributed by atoms with Crippen LogP contribution in [0.3, 0.4) is 0 Å². The van der Waals surface area contributed by atoms with Crippen LogP contribution in [-0.4, -0.2) is 38.3 Å². The van der Waals surface area contributed by atoms with Gasteiger partial charge in [-0.1, -0.05) is 17.7 Å². The van der Waals surface area contributed by atoms with Crippen molar-refractivity contribution < 1.29 is 26.4 Å². The lowest BCUT2D eigenvalue weighted by Gasteiger charge is -2.22. The van der Waals surface area contributed by atoms with Gasteiger partial charge in [-0.25, -0.2) is 13.8 Å². The van der Waals surface area contributed by atoms with Crippen LogP contribution in [0.5, 0.6) is 0 Å². The van der Waals surface area contributed by atoms with Gasteiger partial charge in [0.15, 0.2) is 0 Å². The number of carbonyl (C=O) groups is 1. The molecule has 12 heteroatoms. The van der Waals surface area contributed by atoms with E-state index in [2.05, 4.69) is 15.5 Å². The van der Waals surface area contributed by atoms with Crippen LogP contribution in [0, 0.1) is 0 Å². The molecule has 0 aliphatic heterocycles. The average molecular weight is 435 g/mol. The van der Waals surface area contributed by atoms with Crippen molar-refractivity contribution in [3.05, 3.63) is 58.9 Å². The van der Waals surface area contributed by atoms with Crippen molar-refractivity contribution in [2.45, 2.75) is 6.18 Å². The predicted octanol–water partition coefficient (Wildman–Crippen LogP) is 2.67. The molecule has 2 aromatic rings. The number of amides is 1. The Hall–Kier alpha value is -2.66. The zero-order valence-corrected chi connectivity index (χ0v) is 15.9. The van der Waals surface area contributed by atoms with Crippen LogP contribution in [0.2, 0.25) is 5.02 Å².